The van der Waals surface area contributed by atoms with Crippen molar-refractivity contribution in [1.29, 1.82) is 0 Å². The number of nitrogens with zero attached hydrogens (tertiary/aromatic N) is 1. The molecule has 0 aromatic heterocycles. The number of halogens is 1. The molecule has 1 heterocycles. The fourth-order valence-electron chi connectivity index (χ4n) is 3.39. The number of para-hydroxylation sites is 1. The van der Waals surface area contributed by atoms with Crippen LogP contribution in [0.5, 0.6) is 11.5 Å². The number of fused-ring (bicyclic) bond motifs is 1. The number of benzene rings is 3. The predicted octanol–water partition coefficient (Wildman–Crippen LogP) is 4.11. The number of anilines is 3. The minimum absolute atomic E-state index is 0.203. The van der Waals surface area contributed by atoms with Gasteiger partial charge in [0.1, 0.15) is 18.0 Å². The molecule has 0 fully saturated rings. The number of rotatable bonds is 7. The first-order valence-corrected chi connectivity index (χ1v) is 10.9. The van der Waals surface area contributed by atoms with Crippen molar-refractivity contribution < 1.29 is 23.9 Å². The molecule has 0 bridgehead atoms. The second kappa shape index (κ2) is 10.3. The number of ether oxygens (including phenoxy) is 2. The van der Waals surface area contributed by atoms with Crippen molar-refractivity contribution in [2.24, 2.45) is 0 Å². The van der Waals surface area contributed by atoms with E-state index in [1.54, 1.807) is 73.7 Å². The van der Waals surface area contributed by atoms with E-state index in [1.165, 1.54) is 4.90 Å². The molecule has 3 amide bonds. The third-order valence-electron chi connectivity index (χ3n) is 4.99. The Hall–Kier alpha value is -4.04. The zero-order chi connectivity index (χ0) is 24.1. The summed E-state index contributed by atoms with van der Waals surface area (Å²) in [7, 11) is 0. The Morgan fingerprint density at radius 2 is 1.68 bits per heavy atom. The van der Waals surface area contributed by atoms with Gasteiger partial charge in [-0.05, 0) is 61.5 Å². The van der Waals surface area contributed by atoms with Gasteiger partial charge in [0.15, 0.2) is 12.7 Å². The molecule has 8 nitrogen and oxygen atoms in total. The Morgan fingerprint density at radius 3 is 2.41 bits per heavy atom. The van der Waals surface area contributed by atoms with Crippen LogP contribution in [0.15, 0.2) is 72.8 Å². The Labute approximate surface area is 201 Å². The zero-order valence-electron chi connectivity index (χ0n) is 18.3. The smallest absolute Gasteiger partial charge is 0.268 e. The van der Waals surface area contributed by atoms with Gasteiger partial charge in [-0.2, -0.15) is 0 Å². The van der Waals surface area contributed by atoms with E-state index >= 15 is 0 Å². The van der Waals surface area contributed by atoms with Crippen LogP contribution in [-0.4, -0.2) is 37.0 Å². The summed E-state index contributed by atoms with van der Waals surface area (Å²) in [5, 5.41) is 6.07. The first kappa shape index (κ1) is 23.1. The molecule has 3 aromatic carbocycles. The molecule has 1 unspecified atom stereocenters. The quantitative estimate of drug-likeness (QED) is 0.531. The Kier molecular flexibility index (Phi) is 6.98. The molecule has 0 saturated heterocycles. The first-order valence-electron chi connectivity index (χ1n) is 10.5. The van der Waals surface area contributed by atoms with Gasteiger partial charge in [-0.1, -0.05) is 29.8 Å². The maximum atomic E-state index is 12.8. The second-order valence-electron chi connectivity index (χ2n) is 7.57. The highest BCUT2D eigenvalue weighted by molar-refractivity contribution is 6.30. The van der Waals surface area contributed by atoms with E-state index < -0.39 is 6.10 Å². The van der Waals surface area contributed by atoms with Crippen molar-refractivity contribution in [2.45, 2.75) is 13.0 Å². The van der Waals surface area contributed by atoms with Crippen LogP contribution in [-0.2, 0) is 14.4 Å². The van der Waals surface area contributed by atoms with Crippen LogP contribution in [0.3, 0.4) is 0 Å². The Bertz CT molecular complexity index is 1200. The van der Waals surface area contributed by atoms with Gasteiger partial charge in [0.05, 0.1) is 5.69 Å². The average molecular weight is 480 g/mol. The minimum atomic E-state index is -0.745. The van der Waals surface area contributed by atoms with Gasteiger partial charge in [0.25, 0.3) is 11.8 Å². The molecule has 9 heteroatoms. The fourth-order valence-corrected chi connectivity index (χ4v) is 3.52. The summed E-state index contributed by atoms with van der Waals surface area (Å²) >= 11 is 5.84. The summed E-state index contributed by atoms with van der Waals surface area (Å²) in [6.07, 6.45) is -0.745. The lowest BCUT2D eigenvalue weighted by Crippen LogP contribution is -2.47. The molecule has 2 N–H and O–H groups in total. The highest BCUT2D eigenvalue weighted by Gasteiger charge is 2.33. The van der Waals surface area contributed by atoms with Gasteiger partial charge >= 0.3 is 0 Å². The van der Waals surface area contributed by atoms with E-state index in [0.29, 0.717) is 33.6 Å². The number of hydrogen-bond acceptors (Lipinski definition) is 5. The van der Waals surface area contributed by atoms with Gasteiger partial charge in [0.2, 0.25) is 5.91 Å². The molecule has 4 rings (SSSR count). The molecule has 0 saturated carbocycles. The van der Waals surface area contributed by atoms with Crippen molar-refractivity contribution in [3.63, 3.8) is 0 Å². The van der Waals surface area contributed by atoms with Gasteiger partial charge in [-0.3, -0.25) is 19.3 Å². The summed E-state index contributed by atoms with van der Waals surface area (Å²) in [5.74, 6) is -0.154. The number of nitrogens with one attached hydrogen (secondary N) is 2. The Morgan fingerprint density at radius 1 is 0.971 bits per heavy atom. The van der Waals surface area contributed by atoms with Crippen molar-refractivity contribution in [1.82, 2.24) is 0 Å². The van der Waals surface area contributed by atoms with Crippen LogP contribution in [0, 0.1) is 0 Å². The van der Waals surface area contributed by atoms with Crippen LogP contribution >= 0.6 is 11.6 Å². The second-order valence-corrected chi connectivity index (χ2v) is 8.01. The number of amides is 3. The summed E-state index contributed by atoms with van der Waals surface area (Å²) in [6, 6.07) is 20.5. The third-order valence-corrected chi connectivity index (χ3v) is 5.25. The summed E-state index contributed by atoms with van der Waals surface area (Å²) in [4.78, 5) is 39.1. The first-order chi connectivity index (χ1) is 16.4. The monoisotopic (exact) mass is 479 g/mol. The molecular formula is C25H22ClN3O5. The molecular weight excluding hydrogens is 458 g/mol. The predicted molar refractivity (Wildman–Crippen MR) is 130 cm³/mol. The van der Waals surface area contributed by atoms with E-state index in [1.807, 2.05) is 6.07 Å². The molecule has 1 aliphatic rings. The van der Waals surface area contributed by atoms with Crippen LogP contribution in [0.25, 0.3) is 0 Å². The van der Waals surface area contributed by atoms with Crippen LogP contribution in [0.4, 0.5) is 17.1 Å². The van der Waals surface area contributed by atoms with Crippen molar-refractivity contribution in [3.05, 3.63) is 77.8 Å². The van der Waals surface area contributed by atoms with Crippen LogP contribution in [0.1, 0.15) is 6.92 Å². The summed E-state index contributed by atoms with van der Waals surface area (Å²) < 4.78 is 11.1. The summed E-state index contributed by atoms with van der Waals surface area (Å²) in [5.41, 5.74) is 1.45. The molecule has 0 radical (unpaired) electrons. The van der Waals surface area contributed by atoms with Crippen molar-refractivity contribution in [2.75, 3.05) is 28.7 Å². The SMILES string of the molecule is CC1Oc2ccc(NC(=O)COc3ccc(Cl)cc3)cc2N(CC(=O)Nc2ccccc2)C1=O. The fraction of sp³-hybridized carbons (Fsp3) is 0.160. The third kappa shape index (κ3) is 5.65. The van der Waals surface area contributed by atoms with Gasteiger partial charge < -0.3 is 20.1 Å². The molecule has 1 aliphatic heterocycles. The van der Waals surface area contributed by atoms with E-state index in [4.69, 9.17) is 21.1 Å². The highest BCUT2D eigenvalue weighted by Crippen LogP contribution is 2.36. The zero-order valence-corrected chi connectivity index (χ0v) is 19.0. The lowest BCUT2D eigenvalue weighted by molar-refractivity contribution is -0.127. The van der Waals surface area contributed by atoms with Gasteiger partial charge in [0, 0.05) is 16.4 Å². The lowest BCUT2D eigenvalue weighted by atomic mass is 10.1. The molecule has 34 heavy (non-hydrogen) atoms. The lowest BCUT2D eigenvalue weighted by Gasteiger charge is -2.33. The average Bonchev–Trinajstić information content (AvgIpc) is 2.82. The Balaban J connectivity index is 1.45. The van der Waals surface area contributed by atoms with Gasteiger partial charge in [-0.15, -0.1) is 0 Å². The number of hydrogen-bond donors (Lipinski definition) is 2. The highest BCUT2D eigenvalue weighted by atomic mass is 35.5. The summed E-state index contributed by atoms with van der Waals surface area (Å²) in [6.45, 7) is 1.21. The number of carbonyl (C=O) groups is 3. The molecule has 0 aliphatic carbocycles. The van der Waals surface area contributed by atoms with Crippen molar-refractivity contribution in [3.8, 4) is 11.5 Å². The molecule has 3 aromatic rings. The van der Waals surface area contributed by atoms with E-state index in [0.717, 1.165) is 0 Å². The molecule has 1 atom stereocenters. The molecule has 174 valence electrons. The maximum Gasteiger partial charge on any atom is 0.268 e. The number of carbonyl (C=O) groups excluding carboxylic acids is 3. The van der Waals surface area contributed by atoms with Gasteiger partial charge in [-0.25, -0.2) is 0 Å². The standard InChI is InChI=1S/C25H22ClN3O5/c1-16-25(32)29(14-23(30)27-18-5-3-2-4-6-18)21-13-19(9-12-22(21)34-16)28-24(31)15-33-20-10-7-17(26)8-11-20/h2-13,16H,14-15H2,1H3,(H,27,30)(H,28,31). The van der Waals surface area contributed by atoms with Crippen LogP contribution < -0.4 is 25.0 Å². The van der Waals surface area contributed by atoms with E-state index in [9.17, 15) is 14.4 Å². The minimum Gasteiger partial charge on any atom is -0.484 e. The van der Waals surface area contributed by atoms with E-state index in [-0.39, 0.29) is 30.9 Å². The topological polar surface area (TPSA) is 97.0 Å². The largest absolute Gasteiger partial charge is 0.484 e. The maximum absolute atomic E-state index is 12.8. The van der Waals surface area contributed by atoms with E-state index in [2.05, 4.69) is 10.6 Å². The molecule has 0 spiro atoms. The van der Waals surface area contributed by atoms with Crippen LogP contribution in [0.2, 0.25) is 5.02 Å². The van der Waals surface area contributed by atoms with Crippen molar-refractivity contribution >= 4 is 46.4 Å². The normalized spacial score (nSPS) is 14.6.